The number of nitrogens with zero attached hydrogens (tertiary/aromatic N) is 4. The van der Waals surface area contributed by atoms with E-state index < -0.39 is 12.0 Å². The Hall–Kier alpha value is -4.91. The Labute approximate surface area is 255 Å². The number of para-hydroxylation sites is 1. The Balaban J connectivity index is 1.55. The van der Waals surface area contributed by atoms with Gasteiger partial charge in [-0.1, -0.05) is 59.3 Å². The van der Waals surface area contributed by atoms with Crippen LogP contribution in [0, 0.1) is 11.3 Å². The molecule has 0 radical (unpaired) electrons. The lowest BCUT2D eigenvalue weighted by Gasteiger charge is -2.25. The van der Waals surface area contributed by atoms with Gasteiger partial charge in [0.15, 0.2) is 4.80 Å². The zero-order chi connectivity index (χ0) is 30.2. The number of hydrogen-bond acceptors (Lipinski definition) is 7. The third kappa shape index (κ3) is 4.95. The van der Waals surface area contributed by atoms with Gasteiger partial charge in [0, 0.05) is 39.8 Å². The fourth-order valence-electron chi connectivity index (χ4n) is 5.52. The van der Waals surface area contributed by atoms with Gasteiger partial charge in [0.2, 0.25) is 0 Å². The van der Waals surface area contributed by atoms with Crippen molar-refractivity contribution in [3.05, 3.63) is 131 Å². The van der Waals surface area contributed by atoms with E-state index in [0.29, 0.717) is 43.5 Å². The monoisotopic (exact) mass is 608 g/mol. The highest BCUT2D eigenvalue weighted by Crippen LogP contribution is 2.37. The number of hydrogen-bond donors (Lipinski definition) is 0. The molecule has 0 N–H and O–H groups in total. The number of halogens is 1. The van der Waals surface area contributed by atoms with Crippen LogP contribution in [0.4, 0.5) is 0 Å². The van der Waals surface area contributed by atoms with Gasteiger partial charge < -0.3 is 14.0 Å². The van der Waals surface area contributed by atoms with Gasteiger partial charge in [-0.05, 0) is 48.9 Å². The molecule has 1 atom stereocenters. The molecule has 6 rings (SSSR count). The average molecular weight is 609 g/mol. The topological polar surface area (TPSA) is 98.6 Å². The second-order valence-corrected chi connectivity index (χ2v) is 11.4. The molecule has 0 spiro atoms. The van der Waals surface area contributed by atoms with E-state index >= 15 is 0 Å². The predicted molar refractivity (Wildman–Crippen MR) is 166 cm³/mol. The number of fused-ring (bicyclic) bond motifs is 2. The summed E-state index contributed by atoms with van der Waals surface area (Å²) in [6.45, 7) is 2.22. The molecule has 1 aliphatic heterocycles. The zero-order valence-corrected chi connectivity index (χ0v) is 25.1. The Kier molecular flexibility index (Phi) is 7.48. The average Bonchev–Trinajstić information content (AvgIpc) is 3.52. The fraction of sp³-hybridized carbons (Fsp3) is 0.152. The van der Waals surface area contributed by atoms with Gasteiger partial charge in [-0.15, -0.1) is 0 Å². The third-order valence-electron chi connectivity index (χ3n) is 7.50. The second kappa shape index (κ2) is 11.4. The normalized spacial score (nSPS) is 14.8. The van der Waals surface area contributed by atoms with Crippen molar-refractivity contribution in [2.75, 3.05) is 14.2 Å². The number of thiazole rings is 1. The molecule has 2 aromatic heterocycles. The molecular weight excluding hydrogens is 584 g/mol. The lowest BCUT2D eigenvalue weighted by Crippen LogP contribution is -2.40. The summed E-state index contributed by atoms with van der Waals surface area (Å²) in [6, 6.07) is 21.9. The minimum Gasteiger partial charge on any atom is -0.496 e. The highest BCUT2D eigenvalue weighted by Gasteiger charge is 2.35. The smallest absolute Gasteiger partial charge is 0.338 e. The molecular formula is C33H25ClN4O4S. The number of benzene rings is 3. The molecule has 0 saturated carbocycles. The number of allylic oxidation sites excluding steroid dienone is 1. The summed E-state index contributed by atoms with van der Waals surface area (Å²) in [5.74, 6) is -0.121. The number of rotatable bonds is 6. The Bertz CT molecular complexity index is 2180. The zero-order valence-electron chi connectivity index (χ0n) is 23.5. The first-order chi connectivity index (χ1) is 20.8. The lowest BCUT2D eigenvalue weighted by molar-refractivity contribution is -0.136. The van der Waals surface area contributed by atoms with Crippen LogP contribution in [0.3, 0.4) is 0 Å². The molecule has 0 unspecified atom stereocenters. The number of esters is 1. The molecule has 8 nitrogen and oxygen atoms in total. The number of aromatic nitrogens is 2. The molecule has 43 heavy (non-hydrogen) atoms. The number of ether oxygens (including phenoxy) is 2. The molecule has 0 aliphatic carbocycles. The summed E-state index contributed by atoms with van der Waals surface area (Å²) >= 11 is 7.62. The minimum absolute atomic E-state index is 0.231. The molecule has 0 bridgehead atoms. The Morgan fingerprint density at radius 1 is 1.14 bits per heavy atom. The number of carbonyl (C=O) groups excluding carboxylic acids is 1. The molecule has 0 saturated heterocycles. The fourth-order valence-corrected chi connectivity index (χ4v) is 6.74. The first-order valence-corrected chi connectivity index (χ1v) is 14.5. The van der Waals surface area contributed by atoms with E-state index in [4.69, 9.17) is 21.1 Å². The molecule has 0 fully saturated rings. The van der Waals surface area contributed by atoms with E-state index in [1.807, 2.05) is 54.7 Å². The van der Waals surface area contributed by atoms with Crippen LogP contribution in [0.15, 0.2) is 94.0 Å². The minimum atomic E-state index is -0.858. The summed E-state index contributed by atoms with van der Waals surface area (Å²) in [6.07, 6.45) is 3.84. The van der Waals surface area contributed by atoms with E-state index in [1.54, 1.807) is 31.2 Å². The van der Waals surface area contributed by atoms with Crippen LogP contribution in [0.5, 0.6) is 5.75 Å². The molecule has 5 aromatic rings. The first-order valence-electron chi connectivity index (χ1n) is 13.3. The van der Waals surface area contributed by atoms with E-state index in [1.165, 1.54) is 30.1 Å². The van der Waals surface area contributed by atoms with Crippen LogP contribution in [0.2, 0.25) is 5.02 Å². The van der Waals surface area contributed by atoms with E-state index in [9.17, 15) is 14.9 Å². The molecule has 1 aliphatic rings. The maximum atomic E-state index is 14.2. The summed E-state index contributed by atoms with van der Waals surface area (Å²) in [5, 5.41) is 11.0. The van der Waals surface area contributed by atoms with Gasteiger partial charge >= 0.3 is 5.97 Å². The molecule has 0 amide bonds. The van der Waals surface area contributed by atoms with Gasteiger partial charge in [0.1, 0.15) is 11.8 Å². The Morgan fingerprint density at radius 2 is 1.91 bits per heavy atom. The summed E-state index contributed by atoms with van der Waals surface area (Å²) < 4.78 is 14.8. The first kappa shape index (κ1) is 28.2. The van der Waals surface area contributed by atoms with Crippen molar-refractivity contribution >= 4 is 45.9 Å². The van der Waals surface area contributed by atoms with Crippen LogP contribution >= 0.6 is 22.9 Å². The van der Waals surface area contributed by atoms with E-state index in [-0.39, 0.29) is 11.1 Å². The highest BCUT2D eigenvalue weighted by molar-refractivity contribution is 7.07. The van der Waals surface area contributed by atoms with E-state index in [2.05, 4.69) is 15.6 Å². The van der Waals surface area contributed by atoms with Crippen LogP contribution in [0.1, 0.15) is 35.2 Å². The summed E-state index contributed by atoms with van der Waals surface area (Å²) in [4.78, 5) is 32.3. The van der Waals surface area contributed by atoms with Crippen LogP contribution in [-0.2, 0) is 16.1 Å². The highest BCUT2D eigenvalue weighted by atomic mass is 35.5. The SMILES string of the molecule is COC(=O)C1=C(C)N=c2s/c(=C\c3cn(Cc4ccccc4C#N)c4ccccc34)c(=O)n2[C@H]1c1cc(Cl)ccc1OC. The van der Waals surface area contributed by atoms with E-state index in [0.717, 1.165) is 22.0 Å². The quantitative estimate of drug-likeness (QED) is 0.254. The predicted octanol–water partition coefficient (Wildman–Crippen LogP) is 4.94. The van der Waals surface area contributed by atoms with Crippen LogP contribution < -0.4 is 19.6 Å². The second-order valence-electron chi connectivity index (χ2n) is 9.96. The number of nitriles is 1. The maximum Gasteiger partial charge on any atom is 0.338 e. The largest absolute Gasteiger partial charge is 0.496 e. The summed E-state index contributed by atoms with van der Waals surface area (Å²) in [7, 11) is 2.82. The van der Waals surface area contributed by atoms with Crippen molar-refractivity contribution < 1.29 is 14.3 Å². The maximum absolute atomic E-state index is 14.2. The number of methoxy groups -OCH3 is 2. The van der Waals surface area contributed by atoms with Crippen molar-refractivity contribution in [2.45, 2.75) is 19.5 Å². The van der Waals surface area contributed by atoms with Gasteiger partial charge in [0.05, 0.1) is 41.7 Å². The van der Waals surface area contributed by atoms with Gasteiger partial charge in [-0.25, -0.2) is 9.79 Å². The standard InChI is InChI=1S/C33H25ClN4O4S/c1-19-29(32(40)42-3)30(25-15-23(34)12-13-27(25)41-2)38-31(39)28(43-33(38)36-19)14-22-18-37(26-11-7-6-10-24(22)26)17-21-9-5-4-8-20(21)16-35/h4-15,18,30H,17H2,1-3H3/b28-14-/t30-/m0/s1. The molecule has 10 heteroatoms. The third-order valence-corrected chi connectivity index (χ3v) is 8.72. The van der Waals surface area contributed by atoms with Crippen molar-refractivity contribution in [2.24, 2.45) is 4.99 Å². The van der Waals surface area contributed by atoms with Crippen molar-refractivity contribution in [1.29, 1.82) is 5.26 Å². The van der Waals surface area contributed by atoms with Crippen molar-refractivity contribution in [1.82, 2.24) is 9.13 Å². The van der Waals surface area contributed by atoms with Crippen LogP contribution in [-0.4, -0.2) is 29.3 Å². The number of carbonyl (C=O) groups is 1. The van der Waals surface area contributed by atoms with Gasteiger partial charge in [0.25, 0.3) is 5.56 Å². The van der Waals surface area contributed by atoms with Crippen molar-refractivity contribution in [3.63, 3.8) is 0 Å². The van der Waals surface area contributed by atoms with Gasteiger partial charge in [-0.2, -0.15) is 5.26 Å². The van der Waals surface area contributed by atoms with Crippen LogP contribution in [0.25, 0.3) is 17.0 Å². The Morgan fingerprint density at radius 3 is 2.67 bits per heavy atom. The summed E-state index contributed by atoms with van der Waals surface area (Å²) in [5.41, 5.74) is 4.24. The lowest BCUT2D eigenvalue weighted by atomic mass is 9.95. The molecule has 3 aromatic carbocycles. The van der Waals surface area contributed by atoms with Gasteiger partial charge in [-0.3, -0.25) is 9.36 Å². The van der Waals surface area contributed by atoms with Crippen molar-refractivity contribution in [3.8, 4) is 11.8 Å². The molecule has 3 heterocycles. The molecule has 214 valence electrons.